The summed E-state index contributed by atoms with van der Waals surface area (Å²) < 4.78 is 0. The maximum absolute atomic E-state index is 12.7. The van der Waals surface area contributed by atoms with Crippen LogP contribution in [0.1, 0.15) is 98.3 Å². The number of carbonyl (C=O) groups is 1. The Morgan fingerprint density at radius 2 is 1.54 bits per heavy atom. The molecule has 1 saturated heterocycles. The van der Waals surface area contributed by atoms with E-state index in [1.165, 1.54) is 51.4 Å². The van der Waals surface area contributed by atoms with Crippen LogP contribution in [0, 0.1) is 11.8 Å². The van der Waals surface area contributed by atoms with Crippen molar-refractivity contribution in [1.29, 1.82) is 0 Å². The van der Waals surface area contributed by atoms with Crippen LogP contribution in [-0.4, -0.2) is 35.0 Å². The number of aliphatic imine (C=N–C) groups is 1. The minimum atomic E-state index is -0.0481. The summed E-state index contributed by atoms with van der Waals surface area (Å²) in [6.07, 6.45) is 13.5. The van der Waals surface area contributed by atoms with Gasteiger partial charge >= 0.3 is 6.03 Å². The van der Waals surface area contributed by atoms with E-state index in [2.05, 4.69) is 27.7 Å². The smallest absolute Gasteiger partial charge is 0.323 e. The molecule has 0 aromatic heterocycles. The Balaban J connectivity index is 2.69. The molecule has 150 valence electrons. The molecular weight excluding hydrogens is 339 g/mol. The van der Waals surface area contributed by atoms with Gasteiger partial charge in [0.15, 0.2) is 0 Å². The third-order valence-electron chi connectivity index (χ3n) is 5.99. The number of amides is 2. The maximum atomic E-state index is 12.7. The molecule has 1 unspecified atom stereocenters. The molecule has 0 radical (unpaired) electrons. The number of rotatable bonds is 5. The predicted molar refractivity (Wildman–Crippen MR) is 118 cm³/mol. The molecule has 1 aliphatic rings. The minimum absolute atomic E-state index is 0.0481. The van der Waals surface area contributed by atoms with E-state index < -0.39 is 0 Å². The summed E-state index contributed by atoms with van der Waals surface area (Å²) in [5.41, 5.74) is 0.867. The van der Waals surface area contributed by atoms with Gasteiger partial charge in [-0.1, -0.05) is 72.1 Å². The average Bonchev–Trinajstić information content (AvgIpc) is 2.62. The molecule has 0 spiro atoms. The van der Waals surface area contributed by atoms with Crippen LogP contribution in [-0.2, 0) is 0 Å². The molecule has 0 bridgehead atoms. The van der Waals surface area contributed by atoms with Crippen LogP contribution in [0.25, 0.3) is 0 Å². The largest absolute Gasteiger partial charge is 0.343 e. The SMILES string of the molecule is CCC(=NC(=O)N1CCCCCCC(C(CC)CC)CCCC1)C(C)=P. The fourth-order valence-electron chi connectivity index (χ4n) is 4.26. The van der Waals surface area contributed by atoms with Gasteiger partial charge in [0, 0.05) is 13.1 Å². The molecule has 1 fully saturated rings. The molecule has 1 rings (SSSR count). The monoisotopic (exact) mass is 380 g/mol. The van der Waals surface area contributed by atoms with E-state index in [4.69, 9.17) is 0 Å². The molecule has 26 heavy (non-hydrogen) atoms. The van der Waals surface area contributed by atoms with Crippen LogP contribution in [0.15, 0.2) is 4.99 Å². The summed E-state index contributed by atoms with van der Waals surface area (Å²) in [5.74, 6) is 1.76. The van der Waals surface area contributed by atoms with E-state index in [0.29, 0.717) is 0 Å². The Kier molecular flexibility index (Phi) is 12.1. The molecule has 0 N–H and O–H groups in total. The van der Waals surface area contributed by atoms with Gasteiger partial charge in [0.2, 0.25) is 0 Å². The Morgan fingerprint density at radius 3 is 2.08 bits per heavy atom. The highest BCUT2D eigenvalue weighted by Gasteiger charge is 2.19. The fourth-order valence-corrected chi connectivity index (χ4v) is 4.49. The first-order valence-electron chi connectivity index (χ1n) is 10.9. The van der Waals surface area contributed by atoms with Crippen LogP contribution in [0.5, 0.6) is 0 Å². The highest BCUT2D eigenvalue weighted by atomic mass is 31.0. The first-order chi connectivity index (χ1) is 12.5. The second kappa shape index (κ2) is 13.5. The lowest BCUT2D eigenvalue weighted by Crippen LogP contribution is -2.32. The molecule has 0 aliphatic carbocycles. The lowest BCUT2D eigenvalue weighted by molar-refractivity contribution is 0.201. The van der Waals surface area contributed by atoms with E-state index >= 15 is 0 Å². The Bertz CT molecular complexity index is 457. The number of carbonyl (C=O) groups excluding carboxylic acids is 1. The van der Waals surface area contributed by atoms with Gasteiger partial charge in [-0.3, -0.25) is 0 Å². The van der Waals surface area contributed by atoms with Crippen molar-refractivity contribution in [2.45, 2.75) is 98.3 Å². The molecule has 0 aromatic carbocycles. The summed E-state index contributed by atoms with van der Waals surface area (Å²) in [5, 5.41) is 0.961. The molecular formula is C22H41N2OP. The first-order valence-corrected chi connectivity index (χ1v) is 11.4. The van der Waals surface area contributed by atoms with Crippen molar-refractivity contribution in [3.63, 3.8) is 0 Å². The topological polar surface area (TPSA) is 32.7 Å². The third kappa shape index (κ3) is 8.33. The van der Waals surface area contributed by atoms with Crippen LogP contribution in [0.4, 0.5) is 4.79 Å². The van der Waals surface area contributed by atoms with E-state index in [1.807, 2.05) is 18.7 Å². The molecule has 2 amide bonds. The summed E-state index contributed by atoms with van der Waals surface area (Å²) in [7, 11) is 3.52. The summed E-state index contributed by atoms with van der Waals surface area (Å²) in [6, 6.07) is -0.0481. The summed E-state index contributed by atoms with van der Waals surface area (Å²) >= 11 is 0. The zero-order valence-corrected chi connectivity index (χ0v) is 18.6. The second-order valence-electron chi connectivity index (χ2n) is 7.84. The molecule has 3 nitrogen and oxygen atoms in total. The van der Waals surface area contributed by atoms with Gasteiger partial charge in [0.1, 0.15) is 0 Å². The second-order valence-corrected chi connectivity index (χ2v) is 8.59. The number of nitrogens with zero attached hydrogens (tertiary/aromatic N) is 2. The molecule has 1 aliphatic heterocycles. The van der Waals surface area contributed by atoms with Crippen molar-refractivity contribution in [3.8, 4) is 0 Å². The van der Waals surface area contributed by atoms with E-state index in [9.17, 15) is 4.79 Å². The van der Waals surface area contributed by atoms with Crippen molar-refractivity contribution in [1.82, 2.24) is 4.90 Å². The lowest BCUT2D eigenvalue weighted by atomic mass is 9.81. The van der Waals surface area contributed by atoms with Crippen LogP contribution in [0.3, 0.4) is 0 Å². The zero-order chi connectivity index (χ0) is 19.4. The van der Waals surface area contributed by atoms with Crippen LogP contribution < -0.4 is 0 Å². The number of urea groups is 1. The molecule has 1 heterocycles. The summed E-state index contributed by atoms with van der Waals surface area (Å²) in [4.78, 5) is 19.0. The fraction of sp³-hybridized carbons (Fsp3) is 0.864. The molecule has 1 atom stereocenters. The molecule has 0 aromatic rings. The highest BCUT2D eigenvalue weighted by molar-refractivity contribution is 7.25. The predicted octanol–water partition coefficient (Wildman–Crippen LogP) is 6.78. The Morgan fingerprint density at radius 1 is 1.00 bits per heavy atom. The van der Waals surface area contributed by atoms with Crippen molar-refractivity contribution in [2.24, 2.45) is 16.8 Å². The molecule has 4 heteroatoms. The molecule has 0 saturated carbocycles. The van der Waals surface area contributed by atoms with Crippen molar-refractivity contribution in [2.75, 3.05) is 13.1 Å². The van der Waals surface area contributed by atoms with E-state index in [1.54, 1.807) is 0 Å². The van der Waals surface area contributed by atoms with E-state index in [0.717, 1.165) is 55.2 Å². The average molecular weight is 381 g/mol. The van der Waals surface area contributed by atoms with Crippen LogP contribution in [0.2, 0.25) is 0 Å². The number of hydrogen-bond donors (Lipinski definition) is 0. The van der Waals surface area contributed by atoms with Crippen molar-refractivity contribution in [3.05, 3.63) is 0 Å². The normalized spacial score (nSPS) is 21.2. The van der Waals surface area contributed by atoms with Gasteiger partial charge < -0.3 is 4.90 Å². The Hall–Kier alpha value is -0.690. The van der Waals surface area contributed by atoms with Gasteiger partial charge in [-0.25, -0.2) is 4.79 Å². The van der Waals surface area contributed by atoms with Crippen LogP contribution >= 0.6 is 8.86 Å². The van der Waals surface area contributed by atoms with Gasteiger partial charge in [-0.2, -0.15) is 4.99 Å². The zero-order valence-electron chi connectivity index (χ0n) is 17.6. The number of hydrogen-bond acceptors (Lipinski definition) is 1. The van der Waals surface area contributed by atoms with Gasteiger partial charge in [-0.15, -0.1) is 8.86 Å². The highest BCUT2D eigenvalue weighted by Crippen LogP contribution is 2.30. The maximum Gasteiger partial charge on any atom is 0.343 e. The first kappa shape index (κ1) is 23.3. The van der Waals surface area contributed by atoms with Gasteiger partial charge in [0.05, 0.1) is 5.71 Å². The minimum Gasteiger partial charge on any atom is -0.323 e. The quantitative estimate of drug-likeness (QED) is 0.382. The van der Waals surface area contributed by atoms with Gasteiger partial charge in [0.25, 0.3) is 0 Å². The van der Waals surface area contributed by atoms with Crippen molar-refractivity contribution < 1.29 is 4.79 Å². The summed E-state index contributed by atoms with van der Waals surface area (Å²) in [6.45, 7) is 10.4. The van der Waals surface area contributed by atoms with E-state index in [-0.39, 0.29) is 6.03 Å². The lowest BCUT2D eigenvalue weighted by Gasteiger charge is -2.27. The Labute approximate surface area is 164 Å². The van der Waals surface area contributed by atoms with Crippen molar-refractivity contribution >= 4 is 25.9 Å². The standard InChI is InChI=1S/C22H41N2OP/c1-5-19(6-2)20-14-10-8-9-12-16-24(17-13-11-15-20)22(25)23-21(7-3)18(4)26/h19-20,26H,5-17H2,1-4H3. The third-order valence-corrected chi connectivity index (χ3v) is 6.28. The van der Waals surface area contributed by atoms with Gasteiger partial charge in [-0.05, 0) is 43.3 Å².